The Balaban J connectivity index is 2.15. The van der Waals surface area contributed by atoms with E-state index in [1.54, 1.807) is 0 Å². The van der Waals surface area contributed by atoms with Gasteiger partial charge in [0.1, 0.15) is 0 Å². The molecule has 1 aliphatic rings. The first-order chi connectivity index (χ1) is 9.20. The molecule has 0 spiro atoms. The minimum Gasteiger partial charge on any atom is -0.143 e. The average Bonchev–Trinajstić information content (AvgIpc) is 2.85. The molecule has 0 nitrogen and oxygen atoms in total. The number of hydrogen-bond donors (Lipinski definition) is 1. The van der Waals surface area contributed by atoms with Gasteiger partial charge in [-0.05, 0) is 66.9 Å². The first kappa shape index (κ1) is 15.4. The van der Waals surface area contributed by atoms with Gasteiger partial charge in [0.05, 0.1) is 0 Å². The largest absolute Gasteiger partial charge is 0.143 e. The van der Waals surface area contributed by atoms with Crippen molar-refractivity contribution in [1.29, 1.82) is 0 Å². The molecule has 0 aliphatic heterocycles. The van der Waals surface area contributed by atoms with Crippen molar-refractivity contribution in [2.75, 3.05) is 6.16 Å². The van der Waals surface area contributed by atoms with Crippen LogP contribution in [-0.4, -0.2) is 6.16 Å². The van der Waals surface area contributed by atoms with Gasteiger partial charge in [0.2, 0.25) is 0 Å². The molecular weight excluding hydrogens is 287 g/mol. The molecule has 1 unspecified atom stereocenters. The Morgan fingerprint density at radius 2 is 2.05 bits per heavy atom. The van der Waals surface area contributed by atoms with Crippen LogP contribution in [0.4, 0.5) is 0 Å². The fourth-order valence-corrected chi connectivity index (χ4v) is 4.48. The molecule has 1 heterocycles. The number of allylic oxidation sites excluding steroid dienone is 3. The lowest BCUT2D eigenvalue weighted by atomic mass is 9.84. The predicted octanol–water partition coefficient (Wildman–Crippen LogP) is 5.72. The summed E-state index contributed by atoms with van der Waals surface area (Å²) in [4.78, 5) is 2.71. The van der Waals surface area contributed by atoms with Gasteiger partial charge >= 0.3 is 0 Å². The zero-order valence-corrected chi connectivity index (χ0v) is 14.7. The molecule has 104 valence electrons. The van der Waals surface area contributed by atoms with Crippen molar-refractivity contribution < 1.29 is 0 Å². The fraction of sp³-hybridized carbons (Fsp3) is 0.500. The Bertz CT molecular complexity index is 509. The lowest BCUT2D eigenvalue weighted by Crippen LogP contribution is -2.07. The molecule has 0 N–H and O–H groups in total. The van der Waals surface area contributed by atoms with Crippen molar-refractivity contribution in [3.63, 3.8) is 0 Å². The summed E-state index contributed by atoms with van der Waals surface area (Å²) in [5.74, 6) is 0. The predicted molar refractivity (Wildman–Crippen MR) is 95.3 cm³/mol. The summed E-state index contributed by atoms with van der Waals surface area (Å²) in [6.07, 6.45) is 7.33. The third-order valence-electron chi connectivity index (χ3n) is 3.75. The Hall–Kier alpha value is -0.0400. The van der Waals surface area contributed by atoms with Gasteiger partial charge in [0.15, 0.2) is 0 Å². The molecule has 0 fully saturated rings. The van der Waals surface area contributed by atoms with E-state index in [1.165, 1.54) is 70.3 Å². The number of aryl methyl sites for hydroxylation is 1. The van der Waals surface area contributed by atoms with Crippen LogP contribution in [0.2, 0.25) is 0 Å². The van der Waals surface area contributed by atoms with Gasteiger partial charge in [0.25, 0.3) is 0 Å². The van der Waals surface area contributed by atoms with Crippen LogP contribution in [0.5, 0.6) is 0 Å². The summed E-state index contributed by atoms with van der Waals surface area (Å²) in [7, 11) is 2.82. The quantitative estimate of drug-likeness (QED) is 0.483. The van der Waals surface area contributed by atoms with Crippen molar-refractivity contribution in [3.8, 4) is 0 Å². The van der Waals surface area contributed by atoms with Crippen LogP contribution in [0.25, 0.3) is 5.57 Å². The topological polar surface area (TPSA) is 0 Å². The minimum absolute atomic E-state index is 1.18. The second kappa shape index (κ2) is 7.11. The second-order valence-electron chi connectivity index (χ2n) is 5.10. The van der Waals surface area contributed by atoms with Crippen LogP contribution in [0.3, 0.4) is 0 Å². The van der Waals surface area contributed by atoms with Gasteiger partial charge in [-0.25, -0.2) is 0 Å². The van der Waals surface area contributed by atoms with Crippen molar-refractivity contribution >= 4 is 38.8 Å². The Morgan fingerprint density at radius 3 is 2.68 bits per heavy atom. The highest BCUT2D eigenvalue weighted by molar-refractivity contribution is 7.85. The summed E-state index contributed by atoms with van der Waals surface area (Å²) in [6, 6.07) is 2.28. The van der Waals surface area contributed by atoms with E-state index in [1.807, 2.05) is 11.3 Å². The van der Waals surface area contributed by atoms with Crippen molar-refractivity contribution in [3.05, 3.63) is 37.9 Å². The zero-order valence-electron chi connectivity index (χ0n) is 11.8. The highest BCUT2D eigenvalue weighted by atomic mass is 32.1. The molecule has 0 saturated carbocycles. The smallest absolute Gasteiger partial charge is 0.0388 e. The van der Waals surface area contributed by atoms with Crippen LogP contribution in [0.15, 0.2) is 27.5 Å². The summed E-state index contributed by atoms with van der Waals surface area (Å²) < 4.78 is 0. The van der Waals surface area contributed by atoms with E-state index >= 15 is 0 Å². The molecule has 19 heavy (non-hydrogen) atoms. The van der Waals surface area contributed by atoms with Gasteiger partial charge in [0, 0.05) is 15.4 Å². The standard InChI is InChI=1S/C16H23PS2/c1-3-4-7-13-11(2)14(15(13)18)16-12(6-5-9-17)8-10-19-16/h8,10,18H,3-7,9,17H2,1-2H3. The zero-order chi connectivity index (χ0) is 13.8. The Labute approximate surface area is 129 Å². The highest BCUT2D eigenvalue weighted by Crippen LogP contribution is 2.48. The van der Waals surface area contributed by atoms with E-state index in [0.29, 0.717) is 0 Å². The molecule has 0 aromatic carbocycles. The maximum Gasteiger partial charge on any atom is 0.0388 e. The van der Waals surface area contributed by atoms with E-state index in [2.05, 4.69) is 34.5 Å². The first-order valence-electron chi connectivity index (χ1n) is 7.11. The second-order valence-corrected chi connectivity index (χ2v) is 7.04. The molecular formula is C16H23PS2. The van der Waals surface area contributed by atoms with Gasteiger partial charge in [-0.3, -0.25) is 0 Å². The molecule has 3 heteroatoms. The normalized spacial score (nSPS) is 15.2. The lowest BCUT2D eigenvalue weighted by Gasteiger charge is -2.27. The molecule has 1 aromatic heterocycles. The van der Waals surface area contributed by atoms with E-state index in [-0.39, 0.29) is 0 Å². The molecule has 2 rings (SSSR count). The average molecular weight is 310 g/mol. The molecule has 1 atom stereocenters. The summed E-state index contributed by atoms with van der Waals surface area (Å²) in [6.45, 7) is 4.51. The Morgan fingerprint density at radius 1 is 1.26 bits per heavy atom. The monoisotopic (exact) mass is 310 g/mol. The van der Waals surface area contributed by atoms with Crippen LogP contribution in [0, 0.1) is 0 Å². The van der Waals surface area contributed by atoms with Gasteiger partial charge < -0.3 is 0 Å². The van der Waals surface area contributed by atoms with E-state index in [0.717, 1.165) is 0 Å². The van der Waals surface area contributed by atoms with Gasteiger partial charge in [-0.15, -0.1) is 33.2 Å². The maximum atomic E-state index is 4.76. The molecule has 0 saturated heterocycles. The van der Waals surface area contributed by atoms with E-state index < -0.39 is 0 Å². The Kier molecular flexibility index (Phi) is 5.74. The van der Waals surface area contributed by atoms with Crippen LogP contribution < -0.4 is 0 Å². The molecule has 1 aromatic rings. The number of unbranched alkanes of at least 4 members (excludes halogenated alkanes) is 1. The van der Waals surface area contributed by atoms with Gasteiger partial charge in [-0.1, -0.05) is 13.3 Å². The number of thiophene rings is 1. The van der Waals surface area contributed by atoms with Crippen molar-refractivity contribution in [2.24, 2.45) is 0 Å². The number of hydrogen-bond acceptors (Lipinski definition) is 2. The minimum atomic E-state index is 1.18. The fourth-order valence-electron chi connectivity index (χ4n) is 2.58. The first-order valence-corrected chi connectivity index (χ1v) is 9.25. The van der Waals surface area contributed by atoms with E-state index in [4.69, 9.17) is 12.6 Å². The van der Waals surface area contributed by atoms with Crippen LogP contribution in [-0.2, 0) is 6.42 Å². The van der Waals surface area contributed by atoms with Crippen LogP contribution in [0.1, 0.15) is 50.0 Å². The number of thiol groups is 1. The molecule has 0 radical (unpaired) electrons. The third-order valence-corrected chi connectivity index (χ3v) is 5.63. The maximum absolute atomic E-state index is 4.76. The van der Waals surface area contributed by atoms with Gasteiger partial charge in [-0.2, -0.15) is 0 Å². The summed E-state index contributed by atoms with van der Waals surface area (Å²) in [5.41, 5.74) is 5.89. The highest BCUT2D eigenvalue weighted by Gasteiger charge is 2.26. The number of rotatable bonds is 7. The molecule has 0 bridgehead atoms. The van der Waals surface area contributed by atoms with Crippen molar-refractivity contribution in [2.45, 2.75) is 46.0 Å². The van der Waals surface area contributed by atoms with Crippen LogP contribution >= 0.6 is 33.2 Å². The van der Waals surface area contributed by atoms with Crippen molar-refractivity contribution in [1.82, 2.24) is 0 Å². The molecule has 0 amide bonds. The lowest BCUT2D eigenvalue weighted by molar-refractivity contribution is 0.786. The summed E-state index contributed by atoms with van der Waals surface area (Å²) in [5, 5.41) is 2.22. The molecule has 1 aliphatic carbocycles. The van der Waals surface area contributed by atoms with E-state index in [9.17, 15) is 0 Å². The third kappa shape index (κ3) is 3.17. The summed E-state index contributed by atoms with van der Waals surface area (Å²) >= 11 is 6.63. The SMILES string of the molecule is CCCCC1=C(S)C(c2sccc2CCCP)=C1C.